The van der Waals surface area contributed by atoms with E-state index >= 15 is 0 Å². The molecular formula is C11H11Cl2F4N. The van der Waals surface area contributed by atoms with Crippen molar-refractivity contribution in [3.05, 3.63) is 34.1 Å². The second-order valence-electron chi connectivity index (χ2n) is 3.97. The van der Waals surface area contributed by atoms with Crippen molar-refractivity contribution in [2.45, 2.75) is 25.1 Å². The Morgan fingerprint density at radius 3 is 2.44 bits per heavy atom. The van der Waals surface area contributed by atoms with Gasteiger partial charge in [-0.3, -0.25) is 0 Å². The van der Waals surface area contributed by atoms with Crippen LogP contribution in [0.5, 0.6) is 0 Å². The molecular weight excluding hydrogens is 293 g/mol. The third kappa shape index (κ3) is 2.90. The van der Waals surface area contributed by atoms with Crippen LogP contribution in [-0.2, 0) is 6.18 Å². The first-order valence-corrected chi connectivity index (χ1v) is 5.57. The summed E-state index contributed by atoms with van der Waals surface area (Å²) in [5.74, 6) is -0.971. The highest BCUT2D eigenvalue weighted by Gasteiger charge is 2.38. The van der Waals surface area contributed by atoms with Crippen LogP contribution in [0, 0.1) is 5.82 Å². The van der Waals surface area contributed by atoms with E-state index in [1.54, 1.807) is 0 Å². The zero-order chi connectivity index (χ0) is 12.6. The monoisotopic (exact) mass is 303 g/mol. The fourth-order valence-electron chi connectivity index (χ4n) is 2.09. The van der Waals surface area contributed by atoms with Gasteiger partial charge >= 0.3 is 6.18 Å². The summed E-state index contributed by atoms with van der Waals surface area (Å²) in [7, 11) is 0. The van der Waals surface area contributed by atoms with E-state index in [1.165, 1.54) is 0 Å². The van der Waals surface area contributed by atoms with Gasteiger partial charge in [0.15, 0.2) is 0 Å². The van der Waals surface area contributed by atoms with Crippen LogP contribution in [0.4, 0.5) is 17.6 Å². The maximum Gasteiger partial charge on any atom is 0.416 e. The number of hydrogen-bond acceptors (Lipinski definition) is 1. The van der Waals surface area contributed by atoms with Gasteiger partial charge in [0, 0.05) is 11.6 Å². The molecule has 0 bridgehead atoms. The normalized spacial score (nSPS) is 19.7. The Morgan fingerprint density at radius 2 is 1.94 bits per heavy atom. The second kappa shape index (κ2) is 5.63. The summed E-state index contributed by atoms with van der Waals surface area (Å²) in [6.07, 6.45) is -3.35. The van der Waals surface area contributed by atoms with E-state index in [4.69, 9.17) is 11.6 Å². The molecule has 1 aliphatic heterocycles. The van der Waals surface area contributed by atoms with Gasteiger partial charge in [0.05, 0.1) is 10.6 Å². The Hall–Kier alpha value is -0.520. The highest BCUT2D eigenvalue weighted by Crippen LogP contribution is 2.40. The van der Waals surface area contributed by atoms with E-state index < -0.39 is 23.6 Å². The van der Waals surface area contributed by atoms with E-state index in [-0.39, 0.29) is 23.0 Å². The zero-order valence-corrected chi connectivity index (χ0v) is 10.7. The van der Waals surface area contributed by atoms with Gasteiger partial charge in [0.2, 0.25) is 0 Å². The molecule has 0 unspecified atom stereocenters. The minimum absolute atomic E-state index is 0. The van der Waals surface area contributed by atoms with E-state index in [1.807, 2.05) is 0 Å². The molecule has 0 saturated carbocycles. The summed E-state index contributed by atoms with van der Waals surface area (Å²) in [6.45, 7) is 0.591. The Kier molecular flexibility index (Phi) is 4.86. The molecule has 1 atom stereocenters. The molecule has 0 aromatic heterocycles. The van der Waals surface area contributed by atoms with Gasteiger partial charge in [0.1, 0.15) is 5.82 Å². The Bertz CT molecular complexity index is 428. The summed E-state index contributed by atoms with van der Waals surface area (Å²) in [5, 5.41) is 2.58. The molecule has 0 radical (unpaired) electrons. The first kappa shape index (κ1) is 15.5. The molecule has 18 heavy (non-hydrogen) atoms. The van der Waals surface area contributed by atoms with Crippen molar-refractivity contribution in [1.82, 2.24) is 5.32 Å². The summed E-state index contributed by atoms with van der Waals surface area (Å²) in [5.41, 5.74) is -1.30. The lowest BCUT2D eigenvalue weighted by Gasteiger charge is -2.19. The van der Waals surface area contributed by atoms with Crippen LogP contribution < -0.4 is 5.32 Å². The molecule has 1 aromatic rings. The van der Waals surface area contributed by atoms with Gasteiger partial charge in [-0.15, -0.1) is 12.4 Å². The maximum atomic E-state index is 13.8. The van der Waals surface area contributed by atoms with Crippen molar-refractivity contribution in [1.29, 1.82) is 0 Å². The van der Waals surface area contributed by atoms with Crippen molar-refractivity contribution >= 4 is 24.0 Å². The van der Waals surface area contributed by atoms with Crippen LogP contribution in [0.25, 0.3) is 0 Å². The largest absolute Gasteiger partial charge is 0.416 e. The smallest absolute Gasteiger partial charge is 0.310 e. The lowest BCUT2D eigenvalue weighted by Crippen LogP contribution is -2.20. The molecule has 1 saturated heterocycles. The highest BCUT2D eigenvalue weighted by molar-refractivity contribution is 6.30. The van der Waals surface area contributed by atoms with Crippen LogP contribution in [0.3, 0.4) is 0 Å². The molecule has 1 nitrogen and oxygen atoms in total. The molecule has 0 spiro atoms. The predicted molar refractivity (Wildman–Crippen MR) is 63.6 cm³/mol. The van der Waals surface area contributed by atoms with Crippen molar-refractivity contribution < 1.29 is 17.6 Å². The van der Waals surface area contributed by atoms with E-state index in [9.17, 15) is 17.6 Å². The number of halogens is 6. The fourth-order valence-corrected chi connectivity index (χ4v) is 2.25. The number of benzene rings is 1. The topological polar surface area (TPSA) is 12.0 Å². The Morgan fingerprint density at radius 1 is 1.28 bits per heavy atom. The average molecular weight is 304 g/mol. The van der Waals surface area contributed by atoms with E-state index in [2.05, 4.69) is 5.32 Å². The van der Waals surface area contributed by atoms with Gasteiger partial charge < -0.3 is 5.32 Å². The summed E-state index contributed by atoms with van der Waals surface area (Å²) in [6, 6.07) is 1.17. The van der Waals surface area contributed by atoms with Crippen molar-refractivity contribution in [2.75, 3.05) is 6.54 Å². The number of rotatable bonds is 1. The molecule has 1 aromatic carbocycles. The molecule has 1 heterocycles. The first-order valence-electron chi connectivity index (χ1n) is 5.19. The van der Waals surface area contributed by atoms with Gasteiger partial charge in [-0.05, 0) is 31.5 Å². The minimum Gasteiger partial charge on any atom is -0.310 e. The van der Waals surface area contributed by atoms with Crippen molar-refractivity contribution in [2.24, 2.45) is 0 Å². The maximum absolute atomic E-state index is 13.8. The summed E-state index contributed by atoms with van der Waals surface area (Å²) in [4.78, 5) is 0. The van der Waals surface area contributed by atoms with Crippen molar-refractivity contribution in [3.63, 3.8) is 0 Å². The molecule has 0 amide bonds. The first-order chi connectivity index (χ1) is 7.91. The van der Waals surface area contributed by atoms with Crippen LogP contribution in [0.2, 0.25) is 5.02 Å². The molecule has 1 N–H and O–H groups in total. The van der Waals surface area contributed by atoms with Gasteiger partial charge in [0.25, 0.3) is 0 Å². The second-order valence-corrected chi connectivity index (χ2v) is 4.38. The predicted octanol–water partition coefficient (Wildman–Crippen LogP) is 4.34. The molecule has 1 fully saturated rings. The van der Waals surface area contributed by atoms with Gasteiger partial charge in [-0.25, -0.2) is 4.39 Å². The Labute approximate surface area is 113 Å². The van der Waals surface area contributed by atoms with Crippen LogP contribution >= 0.6 is 24.0 Å². The number of alkyl halides is 3. The molecule has 102 valence electrons. The number of nitrogens with one attached hydrogen (secondary N) is 1. The minimum atomic E-state index is -4.56. The van der Waals surface area contributed by atoms with Gasteiger partial charge in [-0.2, -0.15) is 13.2 Å². The third-order valence-electron chi connectivity index (χ3n) is 2.85. The van der Waals surface area contributed by atoms with Crippen molar-refractivity contribution in [3.8, 4) is 0 Å². The molecule has 7 heteroatoms. The lowest BCUT2D eigenvalue weighted by molar-refractivity contribution is -0.138. The quantitative estimate of drug-likeness (QED) is 0.761. The van der Waals surface area contributed by atoms with Crippen LogP contribution in [0.15, 0.2) is 12.1 Å². The number of hydrogen-bond donors (Lipinski definition) is 1. The summed E-state index contributed by atoms with van der Waals surface area (Å²) >= 11 is 5.54. The molecule has 2 rings (SSSR count). The zero-order valence-electron chi connectivity index (χ0n) is 9.15. The SMILES string of the molecule is Cl.Fc1c(Cl)ccc(C(F)(F)F)c1[C@@H]1CCCN1. The van der Waals surface area contributed by atoms with E-state index in [0.29, 0.717) is 13.0 Å². The summed E-state index contributed by atoms with van der Waals surface area (Å²) < 4.78 is 52.1. The fraction of sp³-hybridized carbons (Fsp3) is 0.455. The average Bonchev–Trinajstić information content (AvgIpc) is 2.73. The highest BCUT2D eigenvalue weighted by atomic mass is 35.5. The Balaban J connectivity index is 0.00000162. The van der Waals surface area contributed by atoms with Crippen LogP contribution in [-0.4, -0.2) is 6.54 Å². The third-order valence-corrected chi connectivity index (χ3v) is 3.14. The van der Waals surface area contributed by atoms with E-state index in [0.717, 1.165) is 18.6 Å². The molecule has 0 aliphatic carbocycles. The van der Waals surface area contributed by atoms with Gasteiger partial charge in [-0.1, -0.05) is 11.6 Å². The standard InChI is InChI=1S/C11H10ClF4N.ClH/c12-7-4-3-6(11(14,15)16)9(10(7)13)8-2-1-5-17-8;/h3-4,8,17H,1-2,5H2;1H/t8-;/m0./s1. The lowest BCUT2D eigenvalue weighted by atomic mass is 9.98. The van der Waals surface area contributed by atoms with Crippen LogP contribution in [0.1, 0.15) is 30.0 Å². The molecule has 1 aliphatic rings.